The van der Waals surface area contributed by atoms with Gasteiger partial charge in [0.15, 0.2) is 0 Å². The van der Waals surface area contributed by atoms with Gasteiger partial charge in [0.25, 0.3) is 5.56 Å². The monoisotopic (exact) mass is 455 g/mol. The molecule has 170 valence electrons. The number of halogens is 3. The molecule has 4 aromatic rings. The molecule has 9 heteroatoms. The van der Waals surface area contributed by atoms with Crippen molar-refractivity contribution in [2.45, 2.75) is 37.2 Å². The lowest BCUT2D eigenvalue weighted by atomic mass is 9.70. The van der Waals surface area contributed by atoms with E-state index in [-0.39, 0.29) is 11.1 Å². The zero-order valence-electron chi connectivity index (χ0n) is 17.3. The molecule has 0 spiro atoms. The first-order valence-corrected chi connectivity index (χ1v) is 10.4. The van der Waals surface area contributed by atoms with E-state index in [1.807, 2.05) is 12.1 Å². The third-order valence-electron chi connectivity index (χ3n) is 6.01. The number of aliphatic hydroxyl groups excluding tert-OH is 1. The van der Waals surface area contributed by atoms with E-state index in [9.17, 15) is 23.1 Å². The summed E-state index contributed by atoms with van der Waals surface area (Å²) in [6.07, 6.45) is -3.20. The largest absolute Gasteiger partial charge is 0.437 e. The second-order valence-corrected chi connectivity index (χ2v) is 8.44. The van der Waals surface area contributed by atoms with Crippen LogP contribution in [0.4, 0.5) is 13.2 Å². The van der Waals surface area contributed by atoms with E-state index in [1.165, 1.54) is 0 Å². The Morgan fingerprint density at radius 1 is 1.09 bits per heavy atom. The van der Waals surface area contributed by atoms with Crippen LogP contribution in [0, 0.1) is 0 Å². The maximum atomic E-state index is 13.0. The molecule has 0 saturated heterocycles. The first-order valence-electron chi connectivity index (χ1n) is 10.4. The number of nitrogens with zero attached hydrogens (tertiary/aromatic N) is 2. The minimum absolute atomic E-state index is 0.00978. The number of hydrogen-bond acceptors (Lipinski definition) is 5. The van der Waals surface area contributed by atoms with E-state index in [0.717, 1.165) is 11.9 Å². The van der Waals surface area contributed by atoms with Crippen LogP contribution in [0.2, 0.25) is 0 Å². The number of aromatic nitrogens is 2. The molecule has 5 rings (SSSR count). The Morgan fingerprint density at radius 2 is 1.76 bits per heavy atom. The number of fused-ring (bicyclic) bond motifs is 1. The molecule has 6 nitrogen and oxygen atoms in total. The minimum Gasteiger partial charge on any atom is -0.437 e. The van der Waals surface area contributed by atoms with Crippen LogP contribution in [-0.4, -0.2) is 26.9 Å². The van der Waals surface area contributed by atoms with Gasteiger partial charge in [-0.2, -0.15) is 13.2 Å². The molecule has 2 aromatic heterocycles. The highest BCUT2D eigenvalue weighted by molar-refractivity contribution is 5.99. The van der Waals surface area contributed by atoms with Gasteiger partial charge in [0, 0.05) is 16.7 Å². The summed E-state index contributed by atoms with van der Waals surface area (Å²) in [6, 6.07) is 16.1. The SMILES string of the molecule is N[C@]1(c2ccc(-c3oc4ncn(CC(F)(F)F)c(=O)c4c3-c3ccccc3)cc2)C[C@H](O)C1. The second-order valence-electron chi connectivity index (χ2n) is 8.44. The van der Waals surface area contributed by atoms with Crippen molar-refractivity contribution in [2.24, 2.45) is 5.73 Å². The van der Waals surface area contributed by atoms with Gasteiger partial charge in [0.2, 0.25) is 5.71 Å². The molecule has 33 heavy (non-hydrogen) atoms. The quantitative estimate of drug-likeness (QED) is 0.481. The summed E-state index contributed by atoms with van der Waals surface area (Å²) in [5.41, 5.74) is 7.38. The minimum atomic E-state index is -4.57. The number of benzene rings is 2. The summed E-state index contributed by atoms with van der Waals surface area (Å²) in [5.74, 6) is 0.330. The van der Waals surface area contributed by atoms with Crippen molar-refractivity contribution in [3.8, 4) is 22.5 Å². The van der Waals surface area contributed by atoms with Crippen molar-refractivity contribution < 1.29 is 22.7 Å². The van der Waals surface area contributed by atoms with Crippen LogP contribution < -0.4 is 11.3 Å². The number of alkyl halides is 3. The van der Waals surface area contributed by atoms with E-state index in [1.54, 1.807) is 42.5 Å². The molecule has 1 saturated carbocycles. The summed E-state index contributed by atoms with van der Waals surface area (Å²) >= 11 is 0. The molecule has 0 radical (unpaired) electrons. The smallest absolute Gasteiger partial charge is 0.406 e. The summed E-state index contributed by atoms with van der Waals surface area (Å²) in [7, 11) is 0. The first kappa shape index (κ1) is 21.4. The Labute approximate surface area is 186 Å². The highest BCUT2D eigenvalue weighted by Crippen LogP contribution is 2.42. The molecule has 0 bridgehead atoms. The van der Waals surface area contributed by atoms with E-state index >= 15 is 0 Å². The summed E-state index contributed by atoms with van der Waals surface area (Å²) < 4.78 is 45.4. The van der Waals surface area contributed by atoms with Gasteiger partial charge < -0.3 is 15.3 Å². The standard InChI is InChI=1S/C24H20F3N3O3/c25-24(26,27)12-30-13-29-21-19(22(30)32)18(14-4-2-1-3-5-14)20(33-21)15-6-8-16(9-7-15)23(28)10-17(31)11-23/h1-9,13,17,31H,10-12,28H2/t17-,23+. The fraction of sp³-hybridized carbons (Fsp3) is 0.250. The van der Waals surface area contributed by atoms with Crippen molar-refractivity contribution in [1.29, 1.82) is 0 Å². The Morgan fingerprint density at radius 3 is 2.36 bits per heavy atom. The summed E-state index contributed by atoms with van der Waals surface area (Å²) in [5, 5.41) is 9.63. The lowest BCUT2D eigenvalue weighted by Gasteiger charge is -2.42. The number of nitrogens with two attached hydrogens (primary N) is 1. The number of furan rings is 1. The van der Waals surface area contributed by atoms with E-state index in [2.05, 4.69) is 4.98 Å². The number of rotatable bonds is 4. The summed E-state index contributed by atoms with van der Waals surface area (Å²) in [6.45, 7) is -1.44. The van der Waals surface area contributed by atoms with Gasteiger partial charge >= 0.3 is 6.18 Å². The van der Waals surface area contributed by atoms with Gasteiger partial charge in [-0.05, 0) is 24.0 Å². The van der Waals surface area contributed by atoms with Crippen molar-refractivity contribution in [3.05, 3.63) is 76.8 Å². The molecule has 1 aliphatic carbocycles. The predicted molar refractivity (Wildman–Crippen MR) is 116 cm³/mol. The molecular formula is C24H20F3N3O3. The Balaban J connectivity index is 1.68. The van der Waals surface area contributed by atoms with Crippen molar-refractivity contribution >= 4 is 11.1 Å². The molecule has 2 heterocycles. The molecular weight excluding hydrogens is 435 g/mol. The molecule has 0 amide bonds. The second kappa shape index (κ2) is 7.57. The Hall–Kier alpha value is -3.43. The topological polar surface area (TPSA) is 94.3 Å². The average molecular weight is 455 g/mol. The maximum Gasteiger partial charge on any atom is 0.406 e. The van der Waals surface area contributed by atoms with Gasteiger partial charge in [-0.25, -0.2) is 4.98 Å². The van der Waals surface area contributed by atoms with Crippen LogP contribution >= 0.6 is 0 Å². The fourth-order valence-corrected chi connectivity index (χ4v) is 4.39. The normalized spacial score (nSPS) is 20.7. The van der Waals surface area contributed by atoms with Crippen LogP contribution in [-0.2, 0) is 12.1 Å². The lowest BCUT2D eigenvalue weighted by molar-refractivity contribution is -0.141. The van der Waals surface area contributed by atoms with Gasteiger partial charge in [0.1, 0.15) is 24.0 Å². The Kier molecular flexibility index (Phi) is 4.91. The van der Waals surface area contributed by atoms with E-state index in [4.69, 9.17) is 10.2 Å². The molecule has 0 unspecified atom stereocenters. The van der Waals surface area contributed by atoms with E-state index < -0.39 is 29.9 Å². The van der Waals surface area contributed by atoms with Crippen molar-refractivity contribution in [3.63, 3.8) is 0 Å². The molecule has 1 aliphatic rings. The average Bonchev–Trinajstić information content (AvgIpc) is 3.15. The lowest BCUT2D eigenvalue weighted by Crippen LogP contribution is -2.51. The molecule has 3 N–H and O–H groups in total. The third kappa shape index (κ3) is 3.83. The predicted octanol–water partition coefficient (Wildman–Crippen LogP) is 4.19. The highest BCUT2D eigenvalue weighted by atomic mass is 19.4. The van der Waals surface area contributed by atoms with E-state index in [0.29, 0.717) is 39.9 Å². The molecule has 0 aliphatic heterocycles. The van der Waals surface area contributed by atoms with Crippen molar-refractivity contribution in [1.82, 2.24) is 9.55 Å². The van der Waals surface area contributed by atoms with Crippen molar-refractivity contribution in [2.75, 3.05) is 0 Å². The van der Waals surface area contributed by atoms with Gasteiger partial charge in [-0.3, -0.25) is 9.36 Å². The van der Waals surface area contributed by atoms with Crippen LogP contribution in [0.5, 0.6) is 0 Å². The van der Waals surface area contributed by atoms with Gasteiger partial charge in [-0.15, -0.1) is 0 Å². The van der Waals surface area contributed by atoms with Crippen LogP contribution in [0.15, 0.2) is 70.1 Å². The first-order chi connectivity index (χ1) is 15.6. The van der Waals surface area contributed by atoms with Crippen LogP contribution in [0.1, 0.15) is 18.4 Å². The summed E-state index contributed by atoms with van der Waals surface area (Å²) in [4.78, 5) is 17.0. The molecule has 0 atom stereocenters. The zero-order valence-corrected chi connectivity index (χ0v) is 17.3. The zero-order chi connectivity index (χ0) is 23.4. The fourth-order valence-electron chi connectivity index (χ4n) is 4.39. The maximum absolute atomic E-state index is 13.0. The third-order valence-corrected chi connectivity index (χ3v) is 6.01. The van der Waals surface area contributed by atoms with Crippen LogP contribution in [0.25, 0.3) is 33.6 Å². The molecule has 2 aromatic carbocycles. The molecule has 1 fully saturated rings. The van der Waals surface area contributed by atoms with Gasteiger partial charge in [-0.1, -0.05) is 54.6 Å². The number of aliphatic hydroxyl groups is 1. The van der Waals surface area contributed by atoms with Crippen LogP contribution in [0.3, 0.4) is 0 Å². The highest BCUT2D eigenvalue weighted by Gasteiger charge is 2.41. The number of hydrogen-bond donors (Lipinski definition) is 2. The van der Waals surface area contributed by atoms with Gasteiger partial charge in [0.05, 0.1) is 6.10 Å². The Bertz CT molecular complexity index is 1370.